The first-order valence-electron chi connectivity index (χ1n) is 18.8. The van der Waals surface area contributed by atoms with Gasteiger partial charge in [0.05, 0.1) is 5.41 Å². The molecule has 0 aliphatic heterocycles. The van der Waals surface area contributed by atoms with E-state index in [-0.39, 0.29) is 5.41 Å². The quantitative estimate of drug-likeness (QED) is 0.165. The Morgan fingerprint density at radius 2 is 0.778 bits per heavy atom. The maximum Gasteiger partial charge on any atom is 0.135 e. The lowest BCUT2D eigenvalue weighted by Gasteiger charge is -2.30. The average Bonchev–Trinajstić information content (AvgIpc) is 3.86. The maximum absolute atomic E-state index is 6.48. The van der Waals surface area contributed by atoms with Gasteiger partial charge in [-0.3, -0.25) is 0 Å². The molecule has 0 amide bonds. The van der Waals surface area contributed by atoms with Gasteiger partial charge in [0.2, 0.25) is 0 Å². The maximum atomic E-state index is 6.48. The Balaban J connectivity index is 1.00. The third kappa shape index (κ3) is 3.50. The Bertz CT molecular complexity index is 3320. The van der Waals surface area contributed by atoms with Gasteiger partial charge in [-0.1, -0.05) is 152 Å². The zero-order valence-corrected chi connectivity index (χ0v) is 29.2. The molecule has 11 aromatic rings. The molecule has 0 unspecified atom stereocenters. The van der Waals surface area contributed by atoms with Crippen molar-refractivity contribution in [2.45, 2.75) is 5.41 Å². The zero-order valence-electron chi connectivity index (χ0n) is 29.2. The summed E-state index contributed by atoms with van der Waals surface area (Å²) < 4.78 is 6.48. The minimum Gasteiger partial charge on any atom is -0.456 e. The third-order valence-corrected chi connectivity index (χ3v) is 12.6. The highest BCUT2D eigenvalue weighted by molar-refractivity contribution is 6.25. The Hall–Kier alpha value is -6.96. The van der Waals surface area contributed by atoms with Crippen LogP contribution in [0.2, 0.25) is 0 Å². The number of furan rings is 1. The highest BCUT2D eigenvalue weighted by Gasteiger charge is 2.51. The van der Waals surface area contributed by atoms with Gasteiger partial charge in [-0.05, 0) is 129 Å². The van der Waals surface area contributed by atoms with Crippen LogP contribution in [0.3, 0.4) is 0 Å². The Morgan fingerprint density at radius 1 is 0.296 bits per heavy atom. The second-order valence-electron chi connectivity index (χ2n) is 15.1. The Kier molecular flexibility index (Phi) is 5.36. The summed E-state index contributed by atoms with van der Waals surface area (Å²) in [5.74, 6) is 0. The molecule has 1 spiro atoms. The van der Waals surface area contributed by atoms with Crippen molar-refractivity contribution in [2.24, 2.45) is 0 Å². The van der Waals surface area contributed by atoms with Crippen LogP contribution in [0, 0.1) is 0 Å². The van der Waals surface area contributed by atoms with Gasteiger partial charge in [0, 0.05) is 10.8 Å². The summed E-state index contributed by atoms with van der Waals surface area (Å²) in [5.41, 5.74) is 17.0. The molecule has 0 atom stereocenters. The van der Waals surface area contributed by atoms with E-state index in [0.717, 1.165) is 21.9 Å². The van der Waals surface area contributed by atoms with Crippen molar-refractivity contribution in [3.63, 3.8) is 0 Å². The van der Waals surface area contributed by atoms with Crippen molar-refractivity contribution in [1.29, 1.82) is 0 Å². The molecule has 10 aromatic carbocycles. The second-order valence-corrected chi connectivity index (χ2v) is 15.1. The number of benzene rings is 10. The first kappa shape index (κ1) is 28.6. The monoisotopic (exact) mass is 682 g/mol. The smallest absolute Gasteiger partial charge is 0.135 e. The van der Waals surface area contributed by atoms with Gasteiger partial charge in [0.15, 0.2) is 0 Å². The summed E-state index contributed by atoms with van der Waals surface area (Å²) in [5, 5.41) is 10.1. The summed E-state index contributed by atoms with van der Waals surface area (Å²) in [4.78, 5) is 0. The van der Waals surface area contributed by atoms with Crippen molar-refractivity contribution >= 4 is 54.3 Å². The minimum atomic E-state index is -0.364. The van der Waals surface area contributed by atoms with Gasteiger partial charge in [-0.25, -0.2) is 0 Å². The largest absolute Gasteiger partial charge is 0.456 e. The molecule has 0 fully saturated rings. The van der Waals surface area contributed by atoms with Crippen LogP contribution in [0.15, 0.2) is 186 Å². The van der Waals surface area contributed by atoms with Gasteiger partial charge < -0.3 is 4.42 Å². The molecule has 2 aliphatic rings. The van der Waals surface area contributed by atoms with Crippen molar-refractivity contribution in [3.8, 4) is 44.5 Å². The van der Waals surface area contributed by atoms with Crippen LogP contribution in [0.5, 0.6) is 0 Å². The van der Waals surface area contributed by atoms with Crippen molar-refractivity contribution in [1.82, 2.24) is 0 Å². The Morgan fingerprint density at radius 3 is 1.44 bits per heavy atom. The minimum absolute atomic E-state index is 0.364. The van der Waals surface area contributed by atoms with Crippen LogP contribution < -0.4 is 0 Å². The number of hydrogen-bond acceptors (Lipinski definition) is 1. The van der Waals surface area contributed by atoms with Crippen LogP contribution in [0.4, 0.5) is 0 Å². The lowest BCUT2D eigenvalue weighted by Crippen LogP contribution is -2.25. The topological polar surface area (TPSA) is 13.1 Å². The van der Waals surface area contributed by atoms with E-state index in [4.69, 9.17) is 4.42 Å². The normalized spacial score (nSPS) is 13.7. The molecule has 1 nitrogen and oxygen atoms in total. The van der Waals surface area contributed by atoms with Crippen LogP contribution in [0.1, 0.15) is 22.3 Å². The molecule has 0 radical (unpaired) electrons. The summed E-state index contributed by atoms with van der Waals surface area (Å²) in [7, 11) is 0. The zero-order chi connectivity index (χ0) is 35.1. The third-order valence-electron chi connectivity index (χ3n) is 12.6. The predicted molar refractivity (Wildman–Crippen MR) is 225 cm³/mol. The van der Waals surface area contributed by atoms with E-state index in [2.05, 4.69) is 182 Å². The van der Waals surface area contributed by atoms with Crippen LogP contribution in [-0.4, -0.2) is 0 Å². The van der Waals surface area contributed by atoms with E-state index in [0.29, 0.717) is 0 Å². The molecule has 0 N–H and O–H groups in total. The lowest BCUT2D eigenvalue weighted by molar-refractivity contribution is 0.669. The van der Waals surface area contributed by atoms with Gasteiger partial charge in [0.1, 0.15) is 11.2 Å². The number of hydrogen-bond donors (Lipinski definition) is 0. The van der Waals surface area contributed by atoms with E-state index >= 15 is 0 Å². The first-order valence-corrected chi connectivity index (χ1v) is 18.8. The number of rotatable bonds is 2. The molecule has 2 aliphatic carbocycles. The van der Waals surface area contributed by atoms with Crippen molar-refractivity contribution in [2.75, 3.05) is 0 Å². The molecule has 1 heteroatoms. The molecular formula is C53H30O. The van der Waals surface area contributed by atoms with Crippen LogP contribution in [0.25, 0.3) is 98.8 Å². The molecule has 0 saturated carbocycles. The summed E-state index contributed by atoms with van der Waals surface area (Å²) in [6, 6.07) is 67.8. The average molecular weight is 683 g/mol. The van der Waals surface area contributed by atoms with Crippen molar-refractivity contribution in [3.05, 3.63) is 204 Å². The molecule has 54 heavy (non-hydrogen) atoms. The SMILES string of the molecule is c1ccc2c(c1)-c1ccccc1C21c2ccccc2-c2ccc(-c3ccc4oc5ccc(-c6ccc7ccc8cccc9ccc6c7c89)cc5c4c3)cc21. The molecule has 248 valence electrons. The fraction of sp³-hybridized carbons (Fsp3) is 0.0189. The number of fused-ring (bicyclic) bond motifs is 13. The summed E-state index contributed by atoms with van der Waals surface area (Å²) in [6.07, 6.45) is 0. The first-order chi connectivity index (χ1) is 26.8. The second kappa shape index (κ2) is 10.1. The molecular weight excluding hydrogens is 653 g/mol. The lowest BCUT2D eigenvalue weighted by atomic mass is 9.70. The molecule has 0 saturated heterocycles. The van der Waals surface area contributed by atoms with Gasteiger partial charge in [-0.15, -0.1) is 0 Å². The van der Waals surface area contributed by atoms with Crippen LogP contribution >= 0.6 is 0 Å². The summed E-state index contributed by atoms with van der Waals surface area (Å²) in [6.45, 7) is 0. The highest BCUT2D eigenvalue weighted by Crippen LogP contribution is 2.63. The van der Waals surface area contributed by atoms with Gasteiger partial charge >= 0.3 is 0 Å². The van der Waals surface area contributed by atoms with Gasteiger partial charge in [-0.2, -0.15) is 0 Å². The van der Waals surface area contributed by atoms with E-state index in [1.54, 1.807) is 0 Å². The van der Waals surface area contributed by atoms with Gasteiger partial charge in [0.25, 0.3) is 0 Å². The molecule has 1 aromatic heterocycles. The van der Waals surface area contributed by atoms with E-state index in [9.17, 15) is 0 Å². The van der Waals surface area contributed by atoms with Crippen LogP contribution in [-0.2, 0) is 5.41 Å². The van der Waals surface area contributed by atoms with E-state index < -0.39 is 0 Å². The van der Waals surface area contributed by atoms with E-state index in [1.807, 2.05) is 0 Å². The molecule has 1 heterocycles. The van der Waals surface area contributed by atoms with E-state index in [1.165, 1.54) is 99.1 Å². The highest BCUT2D eigenvalue weighted by atomic mass is 16.3. The summed E-state index contributed by atoms with van der Waals surface area (Å²) >= 11 is 0. The standard InChI is InChI=1S/C53H30O/c1-4-13-45-38(10-1)39-11-2-5-14-46(39)53(45)47-15-6-3-12-40(47)41-24-20-35(30-48(41)53)34-21-26-49-43(28-34)44-29-36(22-27-50(44)54-49)37-23-18-33-17-16-31-8-7-9-32-19-25-42(37)52(33)51(31)32/h1-30H. The van der Waals surface area contributed by atoms with Crippen molar-refractivity contribution < 1.29 is 4.42 Å². The fourth-order valence-corrected chi connectivity index (χ4v) is 10.4. The molecule has 13 rings (SSSR count). The molecule has 0 bridgehead atoms. The predicted octanol–water partition coefficient (Wildman–Crippen LogP) is 14.2. The Labute approximate surface area is 311 Å². The fourth-order valence-electron chi connectivity index (χ4n) is 10.4.